The highest BCUT2D eigenvalue weighted by molar-refractivity contribution is 6.42. The van der Waals surface area contributed by atoms with Crippen LogP contribution in [0, 0.1) is 0 Å². The average Bonchev–Trinajstić information content (AvgIpc) is 2.84. The van der Waals surface area contributed by atoms with E-state index < -0.39 is 0 Å². The van der Waals surface area contributed by atoms with Crippen LogP contribution in [0.25, 0.3) is 0 Å². The Morgan fingerprint density at radius 2 is 2.05 bits per heavy atom. The first-order valence-electron chi connectivity index (χ1n) is 7.07. The van der Waals surface area contributed by atoms with Gasteiger partial charge in [-0.3, -0.25) is 0 Å². The van der Waals surface area contributed by atoms with Crippen LogP contribution in [0.2, 0.25) is 10.0 Å². The van der Waals surface area contributed by atoms with Gasteiger partial charge in [0.25, 0.3) is 0 Å². The fourth-order valence-electron chi connectivity index (χ4n) is 2.98. The lowest BCUT2D eigenvalue weighted by atomic mass is 9.89. The lowest BCUT2D eigenvalue weighted by Gasteiger charge is -2.32. The van der Waals surface area contributed by atoms with Gasteiger partial charge in [-0.1, -0.05) is 29.3 Å². The normalized spacial score (nSPS) is 25.2. The Kier molecular flexibility index (Phi) is 4.53. The molecule has 1 N–H and O–H groups in total. The van der Waals surface area contributed by atoms with E-state index >= 15 is 0 Å². The number of benzene rings is 1. The van der Waals surface area contributed by atoms with E-state index in [0.29, 0.717) is 23.3 Å². The highest BCUT2D eigenvalue weighted by Gasteiger charge is 2.41. The molecule has 1 unspecified atom stereocenters. The van der Waals surface area contributed by atoms with Crippen molar-refractivity contribution in [3.63, 3.8) is 0 Å². The molecule has 0 radical (unpaired) electrons. The molecular weight excluding hydrogens is 297 g/mol. The molecule has 110 valence electrons. The molecule has 3 nitrogen and oxygen atoms in total. The van der Waals surface area contributed by atoms with Gasteiger partial charge in [0.1, 0.15) is 0 Å². The number of hydrogen-bond donors (Lipinski definition) is 1. The quantitative estimate of drug-likeness (QED) is 0.927. The van der Waals surface area contributed by atoms with Gasteiger partial charge in [0.05, 0.1) is 35.0 Å². The van der Waals surface area contributed by atoms with Crippen LogP contribution in [0.15, 0.2) is 18.2 Å². The van der Waals surface area contributed by atoms with Crippen molar-refractivity contribution < 1.29 is 9.47 Å². The van der Waals surface area contributed by atoms with Crippen LogP contribution in [0.1, 0.15) is 24.8 Å². The Labute approximate surface area is 129 Å². The van der Waals surface area contributed by atoms with Crippen LogP contribution in [-0.2, 0) is 16.1 Å². The monoisotopic (exact) mass is 315 g/mol. The van der Waals surface area contributed by atoms with E-state index in [0.717, 1.165) is 37.9 Å². The van der Waals surface area contributed by atoms with E-state index in [4.69, 9.17) is 32.7 Å². The smallest absolute Gasteiger partial charge is 0.0840 e. The van der Waals surface area contributed by atoms with Crippen LogP contribution in [-0.4, -0.2) is 31.4 Å². The predicted octanol–water partition coefficient (Wildman–Crippen LogP) is 3.42. The topological polar surface area (TPSA) is 30.5 Å². The maximum Gasteiger partial charge on any atom is 0.0840 e. The van der Waals surface area contributed by atoms with Crippen molar-refractivity contribution in [2.45, 2.75) is 37.6 Å². The summed E-state index contributed by atoms with van der Waals surface area (Å²) < 4.78 is 12.0. The molecule has 5 heteroatoms. The zero-order chi connectivity index (χ0) is 14.0. The van der Waals surface area contributed by atoms with Crippen LogP contribution in [0.4, 0.5) is 0 Å². The Morgan fingerprint density at radius 1 is 1.25 bits per heavy atom. The SMILES string of the molecule is Clc1ccc(COC2COC3(CCNCC3)C2)cc1Cl. The fraction of sp³-hybridized carbons (Fsp3) is 0.600. The lowest BCUT2D eigenvalue weighted by molar-refractivity contribution is -0.0240. The zero-order valence-corrected chi connectivity index (χ0v) is 12.8. The number of rotatable bonds is 3. The summed E-state index contributed by atoms with van der Waals surface area (Å²) in [5, 5.41) is 4.52. The molecule has 1 atom stereocenters. The third kappa shape index (κ3) is 3.29. The number of halogens is 2. The van der Waals surface area contributed by atoms with Crippen LogP contribution < -0.4 is 5.32 Å². The molecule has 0 aromatic heterocycles. The number of ether oxygens (including phenoxy) is 2. The van der Waals surface area contributed by atoms with Gasteiger partial charge in [-0.2, -0.15) is 0 Å². The summed E-state index contributed by atoms with van der Waals surface area (Å²) in [6, 6.07) is 5.62. The third-order valence-corrected chi connectivity index (χ3v) is 4.90. The zero-order valence-electron chi connectivity index (χ0n) is 11.3. The van der Waals surface area contributed by atoms with E-state index in [1.807, 2.05) is 18.2 Å². The van der Waals surface area contributed by atoms with Gasteiger partial charge in [-0.25, -0.2) is 0 Å². The molecule has 2 saturated heterocycles. The fourth-order valence-corrected chi connectivity index (χ4v) is 3.30. The van der Waals surface area contributed by atoms with Crippen LogP contribution in [0.3, 0.4) is 0 Å². The van der Waals surface area contributed by atoms with Crippen LogP contribution in [0.5, 0.6) is 0 Å². The van der Waals surface area contributed by atoms with Gasteiger partial charge < -0.3 is 14.8 Å². The van der Waals surface area contributed by atoms with Gasteiger partial charge in [0.15, 0.2) is 0 Å². The summed E-state index contributed by atoms with van der Waals surface area (Å²) in [4.78, 5) is 0. The molecule has 1 spiro atoms. The Balaban J connectivity index is 1.53. The van der Waals surface area contributed by atoms with E-state index in [2.05, 4.69) is 5.32 Å². The molecule has 20 heavy (non-hydrogen) atoms. The molecule has 0 bridgehead atoms. The molecule has 1 aromatic carbocycles. The highest BCUT2D eigenvalue weighted by Crippen LogP contribution is 2.35. The van der Waals surface area contributed by atoms with Crippen molar-refractivity contribution in [1.29, 1.82) is 0 Å². The second kappa shape index (κ2) is 6.20. The average molecular weight is 316 g/mol. The summed E-state index contributed by atoms with van der Waals surface area (Å²) in [5.41, 5.74) is 1.10. The van der Waals surface area contributed by atoms with Crippen molar-refractivity contribution >= 4 is 23.2 Å². The molecule has 0 aliphatic carbocycles. The minimum atomic E-state index is 0.0492. The molecule has 2 heterocycles. The molecule has 1 aromatic rings. The molecule has 2 aliphatic heterocycles. The third-order valence-electron chi connectivity index (χ3n) is 4.16. The van der Waals surface area contributed by atoms with Crippen molar-refractivity contribution in [1.82, 2.24) is 5.32 Å². The first-order valence-corrected chi connectivity index (χ1v) is 7.83. The van der Waals surface area contributed by atoms with Gasteiger partial charge in [0.2, 0.25) is 0 Å². The van der Waals surface area contributed by atoms with Gasteiger partial charge in [0, 0.05) is 6.42 Å². The van der Waals surface area contributed by atoms with Gasteiger partial charge in [-0.05, 0) is 43.6 Å². The summed E-state index contributed by atoms with van der Waals surface area (Å²) in [7, 11) is 0. The van der Waals surface area contributed by atoms with Crippen molar-refractivity contribution in [2.75, 3.05) is 19.7 Å². The number of nitrogens with one attached hydrogen (secondary N) is 1. The Hall–Kier alpha value is -0.320. The van der Waals surface area contributed by atoms with Crippen molar-refractivity contribution in [3.8, 4) is 0 Å². The molecule has 2 fully saturated rings. The second-order valence-electron chi connectivity index (χ2n) is 5.63. The van der Waals surface area contributed by atoms with Gasteiger partial charge >= 0.3 is 0 Å². The molecule has 0 saturated carbocycles. The summed E-state index contributed by atoms with van der Waals surface area (Å²) in [5.74, 6) is 0. The Morgan fingerprint density at radius 3 is 2.80 bits per heavy atom. The molecular formula is C15H19Cl2NO2. The summed E-state index contributed by atoms with van der Waals surface area (Å²) >= 11 is 11.9. The maximum absolute atomic E-state index is 6.01. The van der Waals surface area contributed by atoms with Crippen molar-refractivity contribution in [2.24, 2.45) is 0 Å². The lowest BCUT2D eigenvalue weighted by Crippen LogP contribution is -2.41. The minimum absolute atomic E-state index is 0.0492. The largest absolute Gasteiger partial charge is 0.372 e. The van der Waals surface area contributed by atoms with Crippen molar-refractivity contribution in [3.05, 3.63) is 33.8 Å². The Bertz CT molecular complexity index is 475. The number of piperidine rings is 1. The predicted molar refractivity (Wildman–Crippen MR) is 80.4 cm³/mol. The van der Waals surface area contributed by atoms with E-state index in [1.54, 1.807) is 0 Å². The molecule has 3 rings (SSSR count). The molecule has 2 aliphatic rings. The van der Waals surface area contributed by atoms with E-state index in [-0.39, 0.29) is 11.7 Å². The van der Waals surface area contributed by atoms with E-state index in [1.165, 1.54) is 0 Å². The maximum atomic E-state index is 6.01. The van der Waals surface area contributed by atoms with Gasteiger partial charge in [-0.15, -0.1) is 0 Å². The van der Waals surface area contributed by atoms with Crippen LogP contribution >= 0.6 is 23.2 Å². The minimum Gasteiger partial charge on any atom is -0.372 e. The summed E-state index contributed by atoms with van der Waals surface area (Å²) in [6.07, 6.45) is 3.34. The molecule has 0 amide bonds. The highest BCUT2D eigenvalue weighted by atomic mass is 35.5. The second-order valence-corrected chi connectivity index (χ2v) is 6.44. The summed E-state index contributed by atoms with van der Waals surface area (Å²) in [6.45, 7) is 3.33. The standard InChI is InChI=1S/C15H19Cl2NO2/c16-13-2-1-11(7-14(13)17)9-19-12-8-15(20-10-12)3-5-18-6-4-15/h1-2,7,12,18H,3-6,8-10H2. The first-order chi connectivity index (χ1) is 9.67. The first kappa shape index (κ1) is 14.6. The van der Waals surface area contributed by atoms with E-state index in [9.17, 15) is 0 Å². The number of hydrogen-bond acceptors (Lipinski definition) is 3.